The lowest BCUT2D eigenvalue weighted by molar-refractivity contribution is 0.372. The third kappa shape index (κ3) is 4.84. The number of aryl methyl sites for hydroxylation is 2. The Kier molecular flexibility index (Phi) is 6.24. The molecule has 0 saturated heterocycles. The molecular weight excluding hydrogens is 328 g/mol. The van der Waals surface area contributed by atoms with E-state index in [0.717, 1.165) is 38.3 Å². The number of aromatic amines is 1. The molecule has 3 rings (SSSR count). The average Bonchev–Trinajstić information content (AvgIpc) is 3.25. The standard InChI is InChI=1S/C19H26N6O/c1-3-20-19(21-11-6-9-18-24-14(2)25-26-18)22-12-10-15-13-23-17-8-5-4-7-16(15)17/h4-5,7-8,13,23H,3,6,9-12H2,1-2H3,(H2,20,21,22). The van der Waals surface area contributed by atoms with Crippen LogP contribution in [0.3, 0.4) is 0 Å². The van der Waals surface area contributed by atoms with Gasteiger partial charge in [-0.25, -0.2) is 0 Å². The van der Waals surface area contributed by atoms with Crippen LogP contribution in [0.1, 0.15) is 30.6 Å². The number of H-pyrrole nitrogens is 1. The third-order valence-corrected chi connectivity index (χ3v) is 4.09. The zero-order valence-electron chi connectivity index (χ0n) is 15.4. The van der Waals surface area contributed by atoms with Crippen LogP contribution >= 0.6 is 0 Å². The number of fused-ring (bicyclic) bond motifs is 1. The number of benzene rings is 1. The summed E-state index contributed by atoms with van der Waals surface area (Å²) in [5, 5.41) is 11.8. The molecule has 7 heteroatoms. The molecule has 0 atom stereocenters. The highest BCUT2D eigenvalue weighted by Crippen LogP contribution is 2.17. The van der Waals surface area contributed by atoms with Gasteiger partial charge in [-0.3, -0.25) is 4.99 Å². The van der Waals surface area contributed by atoms with Gasteiger partial charge < -0.3 is 20.1 Å². The molecule has 0 spiro atoms. The summed E-state index contributed by atoms with van der Waals surface area (Å²) in [4.78, 5) is 12.1. The van der Waals surface area contributed by atoms with Gasteiger partial charge in [0.2, 0.25) is 5.89 Å². The first kappa shape index (κ1) is 18.0. The first-order chi connectivity index (χ1) is 12.8. The largest absolute Gasteiger partial charge is 0.361 e. The van der Waals surface area contributed by atoms with E-state index in [1.807, 2.05) is 13.0 Å². The lowest BCUT2D eigenvalue weighted by Gasteiger charge is -2.11. The number of guanidine groups is 1. The van der Waals surface area contributed by atoms with Gasteiger partial charge in [0, 0.05) is 43.2 Å². The molecule has 26 heavy (non-hydrogen) atoms. The number of nitrogens with zero attached hydrogens (tertiary/aromatic N) is 3. The molecule has 0 unspecified atom stereocenters. The van der Waals surface area contributed by atoms with E-state index in [4.69, 9.17) is 4.52 Å². The topological polar surface area (TPSA) is 91.1 Å². The van der Waals surface area contributed by atoms with Crippen molar-refractivity contribution in [1.29, 1.82) is 0 Å². The lowest BCUT2D eigenvalue weighted by Crippen LogP contribution is -2.38. The molecule has 0 saturated carbocycles. The number of nitrogens with one attached hydrogen (secondary N) is 3. The van der Waals surface area contributed by atoms with E-state index in [2.05, 4.69) is 62.1 Å². The van der Waals surface area contributed by atoms with E-state index >= 15 is 0 Å². The summed E-state index contributed by atoms with van der Waals surface area (Å²) in [5.74, 6) is 2.19. The van der Waals surface area contributed by atoms with Gasteiger partial charge in [0.15, 0.2) is 11.8 Å². The lowest BCUT2D eigenvalue weighted by atomic mass is 10.1. The Labute approximate surface area is 153 Å². The quantitative estimate of drug-likeness (QED) is 0.329. The highest BCUT2D eigenvalue weighted by atomic mass is 16.5. The summed E-state index contributed by atoms with van der Waals surface area (Å²) in [6.07, 6.45) is 4.65. The van der Waals surface area contributed by atoms with Gasteiger partial charge in [-0.15, -0.1) is 0 Å². The maximum absolute atomic E-state index is 5.12. The minimum Gasteiger partial charge on any atom is -0.361 e. The van der Waals surface area contributed by atoms with E-state index in [0.29, 0.717) is 18.3 Å². The zero-order valence-corrected chi connectivity index (χ0v) is 15.4. The van der Waals surface area contributed by atoms with Crippen LogP contribution in [0.4, 0.5) is 0 Å². The van der Waals surface area contributed by atoms with Crippen molar-refractivity contribution in [3.8, 4) is 0 Å². The minimum atomic E-state index is 0.676. The van der Waals surface area contributed by atoms with Crippen LogP contribution in [0.5, 0.6) is 0 Å². The van der Waals surface area contributed by atoms with Gasteiger partial charge in [0.25, 0.3) is 0 Å². The Balaban J connectivity index is 1.46. The van der Waals surface area contributed by atoms with Crippen LogP contribution in [0, 0.1) is 6.92 Å². The van der Waals surface area contributed by atoms with Crippen LogP contribution in [0.2, 0.25) is 0 Å². The summed E-state index contributed by atoms with van der Waals surface area (Å²) >= 11 is 0. The molecule has 2 aromatic heterocycles. The van der Waals surface area contributed by atoms with E-state index < -0.39 is 0 Å². The van der Waals surface area contributed by atoms with Crippen LogP contribution in [0.25, 0.3) is 10.9 Å². The summed E-state index contributed by atoms with van der Waals surface area (Å²) < 4.78 is 5.12. The van der Waals surface area contributed by atoms with E-state index in [-0.39, 0.29) is 0 Å². The molecule has 3 N–H and O–H groups in total. The highest BCUT2D eigenvalue weighted by molar-refractivity contribution is 5.83. The second-order valence-corrected chi connectivity index (χ2v) is 6.14. The molecule has 138 valence electrons. The molecule has 3 aromatic rings. The molecule has 0 aliphatic carbocycles. The van der Waals surface area contributed by atoms with Crippen LogP contribution in [-0.2, 0) is 12.8 Å². The van der Waals surface area contributed by atoms with Gasteiger partial charge >= 0.3 is 0 Å². The normalized spacial score (nSPS) is 11.8. The van der Waals surface area contributed by atoms with E-state index in [1.165, 1.54) is 16.5 Å². The predicted octanol–water partition coefficient (Wildman–Crippen LogP) is 2.59. The van der Waals surface area contributed by atoms with Crippen LogP contribution in [0.15, 0.2) is 40.0 Å². The third-order valence-electron chi connectivity index (χ3n) is 4.09. The SMILES string of the molecule is CCNC(=NCCCc1nc(C)no1)NCCc1c[nH]c2ccccc12. The number of hydrogen-bond donors (Lipinski definition) is 3. The molecule has 0 fully saturated rings. The van der Waals surface area contributed by atoms with Crippen LogP contribution in [-0.4, -0.2) is 40.7 Å². The number of aliphatic imine (C=N–C) groups is 1. The first-order valence-corrected chi connectivity index (χ1v) is 9.12. The van der Waals surface area contributed by atoms with Crippen LogP contribution < -0.4 is 10.6 Å². The molecule has 0 bridgehead atoms. The Morgan fingerprint density at radius 1 is 1.23 bits per heavy atom. The van der Waals surface area contributed by atoms with Gasteiger partial charge in [0.1, 0.15) is 0 Å². The Morgan fingerprint density at radius 2 is 2.12 bits per heavy atom. The molecule has 0 amide bonds. The number of para-hydroxylation sites is 1. The average molecular weight is 354 g/mol. The molecular formula is C19H26N6O. The van der Waals surface area contributed by atoms with Crippen molar-refractivity contribution >= 4 is 16.9 Å². The van der Waals surface area contributed by atoms with Gasteiger partial charge in [-0.1, -0.05) is 23.4 Å². The first-order valence-electron chi connectivity index (χ1n) is 9.12. The monoisotopic (exact) mass is 354 g/mol. The van der Waals surface area contributed by atoms with Crippen molar-refractivity contribution in [2.24, 2.45) is 4.99 Å². The fraction of sp³-hybridized carbons (Fsp3) is 0.421. The van der Waals surface area contributed by atoms with Gasteiger partial charge in [0.05, 0.1) is 0 Å². The summed E-state index contributed by atoms with van der Waals surface area (Å²) in [6, 6.07) is 8.37. The molecule has 0 radical (unpaired) electrons. The fourth-order valence-corrected chi connectivity index (χ4v) is 2.86. The number of hydrogen-bond acceptors (Lipinski definition) is 4. The zero-order chi connectivity index (χ0) is 18.2. The van der Waals surface area contributed by atoms with E-state index in [9.17, 15) is 0 Å². The second-order valence-electron chi connectivity index (χ2n) is 6.14. The second kappa shape index (κ2) is 9.03. The smallest absolute Gasteiger partial charge is 0.226 e. The van der Waals surface area contributed by atoms with Crippen molar-refractivity contribution in [3.63, 3.8) is 0 Å². The predicted molar refractivity (Wildman–Crippen MR) is 103 cm³/mol. The number of rotatable bonds is 8. The minimum absolute atomic E-state index is 0.676. The fourth-order valence-electron chi connectivity index (χ4n) is 2.86. The van der Waals surface area contributed by atoms with Gasteiger partial charge in [-0.05, 0) is 38.3 Å². The summed E-state index contributed by atoms with van der Waals surface area (Å²) in [7, 11) is 0. The van der Waals surface area contributed by atoms with Crippen molar-refractivity contribution < 1.29 is 4.52 Å². The molecule has 1 aromatic carbocycles. The maximum Gasteiger partial charge on any atom is 0.226 e. The summed E-state index contributed by atoms with van der Waals surface area (Å²) in [5.41, 5.74) is 2.50. The van der Waals surface area contributed by atoms with Crippen molar-refractivity contribution in [2.75, 3.05) is 19.6 Å². The molecule has 7 nitrogen and oxygen atoms in total. The van der Waals surface area contributed by atoms with Crippen molar-refractivity contribution in [3.05, 3.63) is 47.7 Å². The number of aromatic nitrogens is 3. The Bertz CT molecular complexity index is 850. The van der Waals surface area contributed by atoms with Gasteiger partial charge in [-0.2, -0.15) is 4.98 Å². The van der Waals surface area contributed by atoms with Crippen molar-refractivity contribution in [2.45, 2.75) is 33.1 Å². The summed E-state index contributed by atoms with van der Waals surface area (Å²) in [6.45, 7) is 6.27. The Morgan fingerprint density at radius 3 is 2.92 bits per heavy atom. The maximum atomic E-state index is 5.12. The van der Waals surface area contributed by atoms with E-state index in [1.54, 1.807) is 0 Å². The molecule has 0 aliphatic rings. The highest BCUT2D eigenvalue weighted by Gasteiger charge is 2.04. The molecule has 2 heterocycles. The van der Waals surface area contributed by atoms with Crippen molar-refractivity contribution in [1.82, 2.24) is 25.8 Å². The molecule has 0 aliphatic heterocycles. The Hall–Kier alpha value is -2.83.